The molecule has 0 unspecified atom stereocenters. The molecule has 2 aromatic carbocycles. The zero-order valence-corrected chi connectivity index (χ0v) is 12.7. The molecule has 0 saturated heterocycles. The third-order valence-corrected chi connectivity index (χ3v) is 3.58. The van der Waals surface area contributed by atoms with Crippen LogP contribution in [0, 0.1) is 13.8 Å². The van der Waals surface area contributed by atoms with E-state index in [1.807, 2.05) is 18.2 Å². The Balaban J connectivity index is 2.14. The molecule has 0 spiro atoms. The maximum atomic E-state index is 5.35. The monoisotopic (exact) mass is 282 g/mol. The number of aromatic nitrogens is 2. The fraction of sp³-hybridized carbons (Fsp3) is 0.235. The fourth-order valence-corrected chi connectivity index (χ4v) is 2.59. The van der Waals surface area contributed by atoms with Gasteiger partial charge in [0, 0.05) is 5.56 Å². The third-order valence-electron chi connectivity index (χ3n) is 3.58. The molecule has 1 N–H and O–H groups in total. The molecule has 1 aromatic heterocycles. The molecular formula is C17H18N2O2. The number of H-pyrrole nitrogens is 1. The Morgan fingerprint density at radius 2 is 1.71 bits per heavy atom. The van der Waals surface area contributed by atoms with Crippen molar-refractivity contribution in [1.29, 1.82) is 0 Å². The Labute approximate surface area is 123 Å². The van der Waals surface area contributed by atoms with Crippen LogP contribution in [0.2, 0.25) is 0 Å². The van der Waals surface area contributed by atoms with E-state index in [2.05, 4.69) is 31.0 Å². The average molecular weight is 282 g/mol. The SMILES string of the molecule is COc1ccc(-c2nc3c(C)cc(C)cc3[nH]2)cc1OC. The van der Waals surface area contributed by atoms with Crippen molar-refractivity contribution < 1.29 is 9.47 Å². The minimum Gasteiger partial charge on any atom is -0.493 e. The van der Waals surface area contributed by atoms with Crippen LogP contribution in [0.3, 0.4) is 0 Å². The zero-order chi connectivity index (χ0) is 15.0. The van der Waals surface area contributed by atoms with E-state index < -0.39 is 0 Å². The van der Waals surface area contributed by atoms with Crippen molar-refractivity contribution in [3.8, 4) is 22.9 Å². The molecule has 0 amide bonds. The number of hydrogen-bond acceptors (Lipinski definition) is 3. The van der Waals surface area contributed by atoms with Gasteiger partial charge in [0.15, 0.2) is 11.5 Å². The first kappa shape index (κ1) is 13.5. The number of benzene rings is 2. The zero-order valence-electron chi connectivity index (χ0n) is 12.7. The fourth-order valence-electron chi connectivity index (χ4n) is 2.59. The molecule has 0 aliphatic carbocycles. The van der Waals surface area contributed by atoms with E-state index in [1.54, 1.807) is 14.2 Å². The van der Waals surface area contributed by atoms with Gasteiger partial charge >= 0.3 is 0 Å². The van der Waals surface area contributed by atoms with Crippen LogP contribution in [0.1, 0.15) is 11.1 Å². The van der Waals surface area contributed by atoms with Crippen molar-refractivity contribution >= 4 is 11.0 Å². The number of nitrogens with one attached hydrogen (secondary N) is 1. The van der Waals surface area contributed by atoms with Gasteiger partial charge in [-0.1, -0.05) is 6.07 Å². The van der Waals surface area contributed by atoms with Crippen molar-refractivity contribution in [3.63, 3.8) is 0 Å². The van der Waals surface area contributed by atoms with Crippen LogP contribution in [-0.4, -0.2) is 24.2 Å². The van der Waals surface area contributed by atoms with Crippen molar-refractivity contribution in [2.45, 2.75) is 13.8 Å². The Bertz CT molecular complexity index is 806. The van der Waals surface area contributed by atoms with Crippen molar-refractivity contribution in [2.24, 2.45) is 0 Å². The second-order valence-corrected chi connectivity index (χ2v) is 5.13. The lowest BCUT2D eigenvalue weighted by atomic mass is 10.1. The van der Waals surface area contributed by atoms with Crippen molar-refractivity contribution in [3.05, 3.63) is 41.5 Å². The summed E-state index contributed by atoms with van der Waals surface area (Å²) in [4.78, 5) is 8.08. The predicted octanol–water partition coefficient (Wildman–Crippen LogP) is 3.86. The Hall–Kier alpha value is -2.49. The lowest BCUT2D eigenvalue weighted by Gasteiger charge is -2.08. The van der Waals surface area contributed by atoms with Gasteiger partial charge in [-0.15, -0.1) is 0 Å². The smallest absolute Gasteiger partial charge is 0.161 e. The molecule has 3 rings (SSSR count). The van der Waals surface area contributed by atoms with Gasteiger partial charge in [-0.05, 0) is 49.2 Å². The highest BCUT2D eigenvalue weighted by atomic mass is 16.5. The molecule has 0 atom stereocenters. The summed E-state index contributed by atoms with van der Waals surface area (Å²) in [5.74, 6) is 2.24. The minimum atomic E-state index is 0.698. The Morgan fingerprint density at radius 3 is 2.43 bits per heavy atom. The first-order valence-corrected chi connectivity index (χ1v) is 6.81. The van der Waals surface area contributed by atoms with E-state index in [0.717, 1.165) is 22.4 Å². The second kappa shape index (κ2) is 5.13. The highest BCUT2D eigenvalue weighted by Crippen LogP contribution is 2.32. The second-order valence-electron chi connectivity index (χ2n) is 5.13. The highest BCUT2D eigenvalue weighted by Gasteiger charge is 2.11. The van der Waals surface area contributed by atoms with E-state index in [9.17, 15) is 0 Å². The Morgan fingerprint density at radius 1 is 0.952 bits per heavy atom. The molecule has 108 valence electrons. The summed E-state index contributed by atoms with van der Waals surface area (Å²) in [5, 5.41) is 0. The molecule has 21 heavy (non-hydrogen) atoms. The molecule has 1 heterocycles. The number of fused-ring (bicyclic) bond motifs is 1. The molecule has 0 fully saturated rings. The number of nitrogens with zero attached hydrogens (tertiary/aromatic N) is 1. The number of rotatable bonds is 3. The molecule has 0 bridgehead atoms. The molecule has 0 saturated carbocycles. The summed E-state index contributed by atoms with van der Waals surface area (Å²) in [6.45, 7) is 4.16. The first-order valence-electron chi connectivity index (χ1n) is 6.81. The molecule has 3 aromatic rings. The normalized spacial score (nSPS) is 10.9. The summed E-state index contributed by atoms with van der Waals surface area (Å²) in [7, 11) is 3.26. The van der Waals surface area contributed by atoms with Gasteiger partial charge in [0.05, 0.1) is 25.3 Å². The van der Waals surface area contributed by atoms with Gasteiger partial charge in [-0.3, -0.25) is 0 Å². The van der Waals surface area contributed by atoms with Crippen molar-refractivity contribution in [1.82, 2.24) is 9.97 Å². The molecule has 4 nitrogen and oxygen atoms in total. The third kappa shape index (κ3) is 2.33. The van der Waals surface area contributed by atoms with Gasteiger partial charge < -0.3 is 14.5 Å². The maximum absolute atomic E-state index is 5.35. The number of methoxy groups -OCH3 is 2. The number of hydrogen-bond donors (Lipinski definition) is 1. The van der Waals surface area contributed by atoms with E-state index in [1.165, 1.54) is 11.1 Å². The van der Waals surface area contributed by atoms with E-state index in [0.29, 0.717) is 11.5 Å². The van der Waals surface area contributed by atoms with Crippen LogP contribution in [0.15, 0.2) is 30.3 Å². The van der Waals surface area contributed by atoms with E-state index >= 15 is 0 Å². The van der Waals surface area contributed by atoms with Gasteiger partial charge in [-0.2, -0.15) is 0 Å². The standard InChI is InChI=1S/C17H18N2O2/c1-10-7-11(2)16-13(8-10)18-17(19-16)12-5-6-14(20-3)15(9-12)21-4/h5-9H,1-4H3,(H,18,19). The first-order chi connectivity index (χ1) is 10.1. The van der Waals surface area contributed by atoms with Crippen LogP contribution in [0.25, 0.3) is 22.4 Å². The number of aromatic amines is 1. The quantitative estimate of drug-likeness (QED) is 0.793. The summed E-state index contributed by atoms with van der Waals surface area (Å²) < 4.78 is 10.6. The number of aryl methyl sites for hydroxylation is 2. The van der Waals surface area contributed by atoms with Crippen molar-refractivity contribution in [2.75, 3.05) is 14.2 Å². The summed E-state index contributed by atoms with van der Waals surface area (Å²) in [5.41, 5.74) is 5.43. The van der Waals surface area contributed by atoms with Crippen LogP contribution < -0.4 is 9.47 Å². The maximum Gasteiger partial charge on any atom is 0.161 e. The lowest BCUT2D eigenvalue weighted by Crippen LogP contribution is -1.91. The lowest BCUT2D eigenvalue weighted by molar-refractivity contribution is 0.355. The van der Waals surface area contributed by atoms with Crippen LogP contribution in [-0.2, 0) is 0 Å². The van der Waals surface area contributed by atoms with Gasteiger partial charge in [0.1, 0.15) is 5.82 Å². The van der Waals surface area contributed by atoms with Crippen LogP contribution in [0.4, 0.5) is 0 Å². The summed E-state index contributed by atoms with van der Waals surface area (Å²) in [6.07, 6.45) is 0. The van der Waals surface area contributed by atoms with Gasteiger partial charge in [0.2, 0.25) is 0 Å². The predicted molar refractivity (Wildman–Crippen MR) is 84.1 cm³/mol. The Kier molecular flexibility index (Phi) is 3.29. The molecule has 4 heteroatoms. The van der Waals surface area contributed by atoms with Crippen LogP contribution in [0.5, 0.6) is 11.5 Å². The average Bonchev–Trinajstić information content (AvgIpc) is 2.90. The minimum absolute atomic E-state index is 0.698. The number of imidazole rings is 1. The van der Waals surface area contributed by atoms with Gasteiger partial charge in [-0.25, -0.2) is 4.98 Å². The highest BCUT2D eigenvalue weighted by molar-refractivity contribution is 5.83. The van der Waals surface area contributed by atoms with Crippen LogP contribution >= 0.6 is 0 Å². The summed E-state index contributed by atoms with van der Waals surface area (Å²) >= 11 is 0. The van der Waals surface area contributed by atoms with Gasteiger partial charge in [0.25, 0.3) is 0 Å². The molecule has 0 radical (unpaired) electrons. The topological polar surface area (TPSA) is 47.1 Å². The summed E-state index contributed by atoms with van der Waals surface area (Å²) in [6, 6.07) is 10.0. The molecule has 0 aliphatic rings. The largest absolute Gasteiger partial charge is 0.493 e. The van der Waals surface area contributed by atoms with E-state index in [-0.39, 0.29) is 0 Å². The molecule has 0 aliphatic heterocycles. The number of ether oxygens (including phenoxy) is 2. The molecular weight excluding hydrogens is 264 g/mol. The van der Waals surface area contributed by atoms with E-state index in [4.69, 9.17) is 14.5 Å².